The first-order chi connectivity index (χ1) is 8.69. The third-order valence-electron chi connectivity index (χ3n) is 2.87. The Kier molecular flexibility index (Phi) is 6.11. The van der Waals surface area contributed by atoms with Gasteiger partial charge >= 0.3 is 0 Å². The minimum atomic E-state index is -0.144. The molecule has 0 radical (unpaired) electrons. The second-order valence-corrected chi connectivity index (χ2v) is 4.13. The number of nitrogens with zero attached hydrogens (tertiary/aromatic N) is 2. The van der Waals surface area contributed by atoms with Gasteiger partial charge in [0.2, 0.25) is 0 Å². The third kappa shape index (κ3) is 3.22. The lowest BCUT2D eigenvalue weighted by atomic mass is 10.1. The Morgan fingerprint density at radius 2 is 2.22 bits per heavy atom. The average molecular weight is 256 g/mol. The minimum Gasteiger partial charge on any atom is -0.493 e. The molecule has 1 heterocycles. The highest BCUT2D eigenvalue weighted by Gasteiger charge is 2.26. The summed E-state index contributed by atoms with van der Waals surface area (Å²) in [6.45, 7) is 7.52. The number of hydrazine groups is 1. The van der Waals surface area contributed by atoms with E-state index in [1.807, 2.05) is 18.5 Å². The van der Waals surface area contributed by atoms with Gasteiger partial charge in [-0.2, -0.15) is 5.10 Å². The van der Waals surface area contributed by atoms with E-state index in [2.05, 4.69) is 17.4 Å². The summed E-state index contributed by atoms with van der Waals surface area (Å²) in [5.74, 6) is 6.39. The molecule has 0 spiro atoms. The van der Waals surface area contributed by atoms with Gasteiger partial charge in [0, 0.05) is 13.2 Å². The van der Waals surface area contributed by atoms with Gasteiger partial charge in [0.15, 0.2) is 5.75 Å². The molecule has 0 aliphatic carbocycles. The van der Waals surface area contributed by atoms with Crippen molar-refractivity contribution < 1.29 is 9.47 Å². The molecule has 1 aromatic rings. The molecule has 3 N–H and O–H groups in total. The maximum atomic E-state index is 5.66. The maximum Gasteiger partial charge on any atom is 0.161 e. The zero-order chi connectivity index (χ0) is 13.5. The Morgan fingerprint density at radius 1 is 1.50 bits per heavy atom. The molecule has 0 aliphatic rings. The van der Waals surface area contributed by atoms with Crippen molar-refractivity contribution in [2.45, 2.75) is 45.9 Å². The van der Waals surface area contributed by atoms with Crippen molar-refractivity contribution in [1.29, 1.82) is 0 Å². The molecule has 0 amide bonds. The van der Waals surface area contributed by atoms with Gasteiger partial charge in [-0.3, -0.25) is 10.5 Å². The van der Waals surface area contributed by atoms with Crippen LogP contribution in [0, 0.1) is 0 Å². The predicted octanol–water partition coefficient (Wildman–Crippen LogP) is 1.23. The molecule has 1 rings (SSSR count). The van der Waals surface area contributed by atoms with E-state index in [4.69, 9.17) is 15.3 Å². The zero-order valence-corrected chi connectivity index (χ0v) is 11.6. The molecule has 18 heavy (non-hydrogen) atoms. The van der Waals surface area contributed by atoms with Gasteiger partial charge in [-0.25, -0.2) is 5.43 Å². The quantitative estimate of drug-likeness (QED) is 0.540. The monoisotopic (exact) mass is 256 g/mol. The van der Waals surface area contributed by atoms with Crippen molar-refractivity contribution in [3.05, 3.63) is 11.9 Å². The summed E-state index contributed by atoms with van der Waals surface area (Å²) in [6, 6.07) is -0.144. The smallest absolute Gasteiger partial charge is 0.161 e. The Hall–Kier alpha value is -1.11. The number of ether oxygens (including phenoxy) is 2. The van der Waals surface area contributed by atoms with Crippen LogP contribution in [0.4, 0.5) is 0 Å². The molecule has 0 saturated carbocycles. The van der Waals surface area contributed by atoms with Gasteiger partial charge < -0.3 is 9.47 Å². The average Bonchev–Trinajstić information content (AvgIpc) is 2.74. The van der Waals surface area contributed by atoms with Crippen molar-refractivity contribution >= 4 is 0 Å². The van der Waals surface area contributed by atoms with E-state index in [1.165, 1.54) is 0 Å². The maximum absolute atomic E-state index is 5.66. The highest BCUT2D eigenvalue weighted by Crippen LogP contribution is 2.28. The van der Waals surface area contributed by atoms with E-state index in [0.29, 0.717) is 6.61 Å². The number of methoxy groups -OCH3 is 1. The van der Waals surface area contributed by atoms with Crippen molar-refractivity contribution in [3.63, 3.8) is 0 Å². The van der Waals surface area contributed by atoms with Crippen LogP contribution in [0.25, 0.3) is 0 Å². The van der Waals surface area contributed by atoms with E-state index in [1.54, 1.807) is 13.3 Å². The van der Waals surface area contributed by atoms with Crippen LogP contribution in [-0.4, -0.2) is 29.6 Å². The van der Waals surface area contributed by atoms with Crippen LogP contribution in [0.15, 0.2) is 6.20 Å². The number of hydrogen-bond donors (Lipinski definition) is 2. The molecule has 6 nitrogen and oxygen atoms in total. The van der Waals surface area contributed by atoms with E-state index < -0.39 is 0 Å². The number of aromatic nitrogens is 2. The molecule has 0 aromatic carbocycles. The fraction of sp³-hybridized carbons (Fsp3) is 0.750. The molecule has 2 atom stereocenters. The lowest BCUT2D eigenvalue weighted by molar-refractivity contribution is 0.0441. The summed E-state index contributed by atoms with van der Waals surface area (Å²) in [4.78, 5) is 0. The fourth-order valence-electron chi connectivity index (χ4n) is 2.03. The predicted molar refractivity (Wildman–Crippen MR) is 70.2 cm³/mol. The minimum absolute atomic E-state index is 0.0544. The molecule has 6 heteroatoms. The highest BCUT2D eigenvalue weighted by atomic mass is 16.5. The summed E-state index contributed by atoms with van der Waals surface area (Å²) >= 11 is 0. The molecule has 0 fully saturated rings. The first-order valence-corrected chi connectivity index (χ1v) is 6.36. The first kappa shape index (κ1) is 14.9. The summed E-state index contributed by atoms with van der Waals surface area (Å²) in [6.07, 6.45) is 2.66. The normalized spacial score (nSPS) is 14.5. The number of rotatable bonds is 8. The summed E-state index contributed by atoms with van der Waals surface area (Å²) < 4.78 is 12.9. The molecule has 0 aliphatic heterocycles. The van der Waals surface area contributed by atoms with E-state index in [0.717, 1.165) is 24.4 Å². The largest absolute Gasteiger partial charge is 0.493 e. The summed E-state index contributed by atoms with van der Waals surface area (Å²) in [5, 5.41) is 4.33. The van der Waals surface area contributed by atoms with Crippen LogP contribution < -0.4 is 16.0 Å². The highest BCUT2D eigenvalue weighted by molar-refractivity contribution is 5.29. The second-order valence-electron chi connectivity index (χ2n) is 4.13. The topological polar surface area (TPSA) is 74.3 Å². The number of nitrogens with two attached hydrogens (primary N) is 1. The fourth-order valence-corrected chi connectivity index (χ4v) is 2.03. The Balaban J connectivity index is 3.04. The Morgan fingerprint density at radius 3 is 2.72 bits per heavy atom. The lowest BCUT2D eigenvalue weighted by Gasteiger charge is -2.24. The van der Waals surface area contributed by atoms with Crippen LogP contribution in [0.5, 0.6) is 5.75 Å². The molecule has 2 unspecified atom stereocenters. The van der Waals surface area contributed by atoms with Crippen molar-refractivity contribution in [3.8, 4) is 5.75 Å². The Bertz CT molecular complexity index is 354. The molecule has 0 bridgehead atoms. The van der Waals surface area contributed by atoms with Gasteiger partial charge in [0.25, 0.3) is 0 Å². The van der Waals surface area contributed by atoms with Crippen LogP contribution in [-0.2, 0) is 11.3 Å². The van der Waals surface area contributed by atoms with Gasteiger partial charge in [0.1, 0.15) is 5.69 Å². The number of nitrogens with one attached hydrogen (secondary N) is 1. The summed E-state index contributed by atoms with van der Waals surface area (Å²) in [7, 11) is 1.63. The van der Waals surface area contributed by atoms with Gasteiger partial charge in [-0.15, -0.1) is 0 Å². The van der Waals surface area contributed by atoms with Gasteiger partial charge in [0.05, 0.1) is 25.5 Å². The molecule has 1 aromatic heterocycles. The molecular weight excluding hydrogens is 232 g/mol. The molecule has 0 saturated heterocycles. The van der Waals surface area contributed by atoms with Crippen LogP contribution in [0.2, 0.25) is 0 Å². The van der Waals surface area contributed by atoms with E-state index in [9.17, 15) is 0 Å². The SMILES string of the molecule is CCCn1ncc(OC)c1C(NN)C(C)OCC. The van der Waals surface area contributed by atoms with Crippen molar-refractivity contribution in [2.75, 3.05) is 13.7 Å². The summed E-state index contributed by atoms with van der Waals surface area (Å²) in [5.41, 5.74) is 3.73. The van der Waals surface area contributed by atoms with Crippen molar-refractivity contribution in [1.82, 2.24) is 15.2 Å². The number of hydrogen-bond acceptors (Lipinski definition) is 5. The van der Waals surface area contributed by atoms with Crippen LogP contribution in [0.1, 0.15) is 38.9 Å². The lowest BCUT2D eigenvalue weighted by Crippen LogP contribution is -2.38. The van der Waals surface area contributed by atoms with Gasteiger partial charge in [-0.1, -0.05) is 6.92 Å². The van der Waals surface area contributed by atoms with E-state index >= 15 is 0 Å². The molecule has 104 valence electrons. The second kappa shape index (κ2) is 7.35. The van der Waals surface area contributed by atoms with Crippen LogP contribution in [0.3, 0.4) is 0 Å². The van der Waals surface area contributed by atoms with Crippen LogP contribution >= 0.6 is 0 Å². The number of aryl methyl sites for hydroxylation is 1. The van der Waals surface area contributed by atoms with Gasteiger partial charge in [-0.05, 0) is 20.3 Å². The van der Waals surface area contributed by atoms with Crippen molar-refractivity contribution in [2.24, 2.45) is 5.84 Å². The zero-order valence-electron chi connectivity index (χ0n) is 11.6. The standard InChI is InChI=1S/C12H24N4O2/c1-5-7-16-12(10(17-4)8-14-16)11(15-13)9(3)18-6-2/h8-9,11,15H,5-7,13H2,1-4H3. The molecular formula is C12H24N4O2. The Labute approximate surface area is 108 Å². The van der Waals surface area contributed by atoms with E-state index in [-0.39, 0.29) is 12.1 Å². The first-order valence-electron chi connectivity index (χ1n) is 6.36. The third-order valence-corrected chi connectivity index (χ3v) is 2.87.